The second-order valence-corrected chi connectivity index (χ2v) is 7.17. The largest absolute Gasteiger partial charge is 1.00 e. The van der Waals surface area contributed by atoms with Crippen molar-refractivity contribution >= 4 is 16.3 Å². The Morgan fingerprint density at radius 1 is 1.00 bits per heavy atom. The van der Waals surface area contributed by atoms with E-state index in [0.717, 1.165) is 26.2 Å². The summed E-state index contributed by atoms with van der Waals surface area (Å²) >= 11 is 0. The standard InChI is InChI=1S/C15H30O6S.Na.H/c1-3-4-5-6-7-8-9-10-11-12-13-20-15(16)21-14(2)22(17,18)19;;/h14H,3-13H2,1-2H3,(H,17,18,19);;/q;+1;-1. The minimum absolute atomic E-state index is 0. The van der Waals surface area contributed by atoms with E-state index in [2.05, 4.69) is 11.7 Å². The van der Waals surface area contributed by atoms with Crippen molar-refractivity contribution in [3.8, 4) is 0 Å². The van der Waals surface area contributed by atoms with E-state index in [-0.39, 0.29) is 37.6 Å². The third-order valence-corrected chi connectivity index (χ3v) is 4.33. The molecule has 0 radical (unpaired) electrons. The molecule has 0 fully saturated rings. The summed E-state index contributed by atoms with van der Waals surface area (Å²) in [6.45, 7) is 3.48. The zero-order valence-corrected chi connectivity index (χ0v) is 17.6. The summed E-state index contributed by atoms with van der Waals surface area (Å²) in [7, 11) is -4.38. The molecule has 1 unspecified atom stereocenters. The molecule has 0 aliphatic carbocycles. The van der Waals surface area contributed by atoms with Gasteiger partial charge in [-0.15, -0.1) is 0 Å². The summed E-state index contributed by atoms with van der Waals surface area (Å²) in [6.07, 6.45) is 10.7. The van der Waals surface area contributed by atoms with Crippen molar-refractivity contribution in [1.82, 2.24) is 0 Å². The minimum atomic E-state index is -4.38. The number of unbranched alkanes of at least 4 members (excludes halogenated alkanes) is 9. The molecule has 0 amide bonds. The average Bonchev–Trinajstić information content (AvgIpc) is 2.43. The van der Waals surface area contributed by atoms with Gasteiger partial charge in [0.2, 0.25) is 5.44 Å². The Morgan fingerprint density at radius 2 is 1.43 bits per heavy atom. The first-order valence-electron chi connectivity index (χ1n) is 8.17. The minimum Gasteiger partial charge on any atom is -1.00 e. The third kappa shape index (κ3) is 16.8. The van der Waals surface area contributed by atoms with Gasteiger partial charge >= 0.3 is 45.8 Å². The van der Waals surface area contributed by atoms with Crippen molar-refractivity contribution in [2.24, 2.45) is 0 Å². The number of carbonyl (C=O) groups is 1. The number of hydrogen-bond acceptors (Lipinski definition) is 5. The number of ether oxygens (including phenoxy) is 2. The van der Waals surface area contributed by atoms with Crippen LogP contribution in [0.2, 0.25) is 0 Å². The van der Waals surface area contributed by atoms with Crippen LogP contribution in [0.5, 0.6) is 0 Å². The molecule has 8 heteroatoms. The van der Waals surface area contributed by atoms with Gasteiger partial charge in [0.15, 0.2) is 0 Å². The zero-order valence-electron chi connectivity index (χ0n) is 15.8. The van der Waals surface area contributed by atoms with E-state index in [1.807, 2.05) is 0 Å². The van der Waals surface area contributed by atoms with Crippen LogP contribution in [-0.2, 0) is 19.6 Å². The normalized spacial score (nSPS) is 12.3. The van der Waals surface area contributed by atoms with Crippen LogP contribution in [0, 0.1) is 0 Å². The van der Waals surface area contributed by atoms with Gasteiger partial charge < -0.3 is 10.9 Å². The van der Waals surface area contributed by atoms with Crippen LogP contribution in [-0.4, -0.2) is 31.2 Å². The Labute approximate surface area is 164 Å². The van der Waals surface area contributed by atoms with Crippen LogP contribution in [0.15, 0.2) is 0 Å². The molecular weight excluding hydrogens is 331 g/mol. The Balaban J connectivity index is -0.00000220. The van der Waals surface area contributed by atoms with E-state index in [0.29, 0.717) is 0 Å². The Kier molecular flexibility index (Phi) is 17.3. The maximum absolute atomic E-state index is 11.1. The summed E-state index contributed by atoms with van der Waals surface area (Å²) in [5, 5.41) is 0. The van der Waals surface area contributed by atoms with Gasteiger partial charge in [-0.25, -0.2) is 4.79 Å². The fourth-order valence-electron chi connectivity index (χ4n) is 1.98. The molecule has 0 heterocycles. The predicted molar refractivity (Wildman–Crippen MR) is 86.4 cm³/mol. The van der Waals surface area contributed by atoms with Crippen molar-refractivity contribution in [3.05, 3.63) is 0 Å². The number of carbonyl (C=O) groups excluding carboxylic acids is 1. The first kappa shape index (κ1) is 25.4. The third-order valence-electron chi connectivity index (χ3n) is 3.40. The first-order chi connectivity index (χ1) is 10.4. The molecule has 134 valence electrons. The summed E-state index contributed by atoms with van der Waals surface area (Å²) in [6, 6.07) is 0. The zero-order chi connectivity index (χ0) is 16.8. The van der Waals surface area contributed by atoms with E-state index in [9.17, 15) is 13.2 Å². The van der Waals surface area contributed by atoms with Crippen molar-refractivity contribution in [2.75, 3.05) is 6.61 Å². The van der Waals surface area contributed by atoms with Gasteiger partial charge in [-0.2, -0.15) is 8.42 Å². The van der Waals surface area contributed by atoms with E-state index >= 15 is 0 Å². The molecule has 1 atom stereocenters. The molecule has 6 nitrogen and oxygen atoms in total. The molecule has 0 saturated carbocycles. The maximum Gasteiger partial charge on any atom is 1.00 e. The van der Waals surface area contributed by atoms with Crippen LogP contribution in [0.4, 0.5) is 4.79 Å². The van der Waals surface area contributed by atoms with Crippen LogP contribution < -0.4 is 29.6 Å². The van der Waals surface area contributed by atoms with Crippen LogP contribution in [0.3, 0.4) is 0 Å². The molecule has 0 aliphatic rings. The molecule has 1 N–H and O–H groups in total. The molecule has 0 saturated heterocycles. The van der Waals surface area contributed by atoms with Gasteiger partial charge in [-0.05, 0) is 13.3 Å². The van der Waals surface area contributed by atoms with Crippen LogP contribution in [0.1, 0.15) is 79.5 Å². The number of hydrogen-bond donors (Lipinski definition) is 1. The molecule has 0 bridgehead atoms. The summed E-state index contributed by atoms with van der Waals surface area (Å²) < 4.78 is 39.1. The average molecular weight is 362 g/mol. The van der Waals surface area contributed by atoms with Crippen LogP contribution in [0.25, 0.3) is 0 Å². The molecule has 0 aromatic rings. The summed E-state index contributed by atoms with van der Waals surface area (Å²) in [5.74, 6) is 0. The quantitative estimate of drug-likeness (QED) is 0.231. The SMILES string of the molecule is CCCCCCCCCCCCOC(=O)OC(C)S(=O)(=O)O.[H-].[Na+]. The Hall–Kier alpha value is 0.180. The van der Waals surface area contributed by atoms with E-state index < -0.39 is 21.7 Å². The predicted octanol–water partition coefficient (Wildman–Crippen LogP) is 1.41. The van der Waals surface area contributed by atoms with Gasteiger partial charge in [0.25, 0.3) is 0 Å². The maximum atomic E-state index is 11.1. The Morgan fingerprint density at radius 3 is 1.87 bits per heavy atom. The topological polar surface area (TPSA) is 89.9 Å². The summed E-state index contributed by atoms with van der Waals surface area (Å²) in [4.78, 5) is 11.1. The molecule has 0 aromatic heterocycles. The van der Waals surface area contributed by atoms with E-state index in [1.165, 1.54) is 44.9 Å². The molecular formula is C15H31NaO6S. The van der Waals surface area contributed by atoms with Gasteiger partial charge in [-0.3, -0.25) is 4.55 Å². The Bertz CT molecular complexity index is 391. The second-order valence-electron chi connectivity index (χ2n) is 5.48. The fourth-order valence-corrected chi connectivity index (χ4v) is 2.18. The van der Waals surface area contributed by atoms with Crippen molar-refractivity contribution in [1.29, 1.82) is 0 Å². The van der Waals surface area contributed by atoms with Crippen molar-refractivity contribution in [3.63, 3.8) is 0 Å². The first-order valence-corrected chi connectivity index (χ1v) is 9.68. The smallest absolute Gasteiger partial charge is 1.00 e. The van der Waals surface area contributed by atoms with E-state index in [1.54, 1.807) is 0 Å². The van der Waals surface area contributed by atoms with Crippen molar-refractivity contribution in [2.45, 2.75) is 83.5 Å². The molecule has 0 aromatic carbocycles. The number of rotatable bonds is 13. The molecule has 0 spiro atoms. The van der Waals surface area contributed by atoms with Crippen molar-refractivity contribution < 1.29 is 58.2 Å². The monoisotopic (exact) mass is 362 g/mol. The van der Waals surface area contributed by atoms with Gasteiger partial charge in [0, 0.05) is 0 Å². The van der Waals surface area contributed by atoms with Crippen LogP contribution >= 0.6 is 0 Å². The van der Waals surface area contributed by atoms with Gasteiger partial charge in [0.1, 0.15) is 0 Å². The van der Waals surface area contributed by atoms with Gasteiger partial charge in [-0.1, -0.05) is 64.7 Å². The van der Waals surface area contributed by atoms with E-state index in [4.69, 9.17) is 9.29 Å². The van der Waals surface area contributed by atoms with Gasteiger partial charge in [0.05, 0.1) is 6.61 Å². The summed E-state index contributed by atoms with van der Waals surface area (Å²) in [5.41, 5.74) is -1.60. The molecule has 0 aliphatic heterocycles. The second kappa shape index (κ2) is 15.7. The molecule has 0 rings (SSSR count). The molecule has 23 heavy (non-hydrogen) atoms. The fraction of sp³-hybridized carbons (Fsp3) is 0.933.